The lowest BCUT2D eigenvalue weighted by Crippen LogP contribution is -2.05. The molecule has 0 saturated heterocycles. The predicted octanol–water partition coefficient (Wildman–Crippen LogP) is 19.5. The highest BCUT2D eigenvalue weighted by atomic mass is 16.0. The van der Waals surface area contributed by atoms with Crippen LogP contribution in [0.5, 0.6) is 0 Å². The van der Waals surface area contributed by atoms with Crippen molar-refractivity contribution in [2.75, 3.05) is 0 Å². The summed E-state index contributed by atoms with van der Waals surface area (Å²) < 4.78 is 0. The molecule has 0 fully saturated rings. The van der Waals surface area contributed by atoms with Gasteiger partial charge in [0.2, 0.25) is 0 Å². The minimum absolute atomic E-state index is 0. The van der Waals surface area contributed by atoms with Crippen LogP contribution in [-0.2, 0) is 0 Å². The summed E-state index contributed by atoms with van der Waals surface area (Å²) in [6.45, 7) is 0. The second-order valence-electron chi connectivity index (χ2n) is 22.7. The Hall–Kier alpha value is -9.14. The van der Waals surface area contributed by atoms with Crippen LogP contribution < -0.4 is 0 Å². The molecule has 0 aliphatic carbocycles. The van der Waals surface area contributed by atoms with Gasteiger partial charge in [-0.25, -0.2) is 0 Å². The Morgan fingerprint density at radius 1 is 0.113 bits per heavy atom. The summed E-state index contributed by atoms with van der Waals surface area (Å²) in [6, 6.07) is 54.7. The minimum atomic E-state index is 0. The SMILES string of the molecule is O.c1cc2cc3cc4cc5ccc6cc7cc8cc9cccc%10cc%11cc%12cc%13ccc%14cc%15cc%16cc(c1)c2c1c3c2c4c3c5c6c4c7c5c8c(c9%10)c%11c6c%12c7c%13c%14c8c%15c(c%161)c2c1c3c4c(c56)c7c81. The van der Waals surface area contributed by atoms with Crippen molar-refractivity contribution in [2.45, 2.75) is 0 Å². The van der Waals surface area contributed by atoms with E-state index in [0.717, 1.165) is 0 Å². The molecule has 0 amide bonds. The fraction of sp³-hybridized carbons (Fsp3) is 0. The molecule has 1 nitrogen and oxygen atoms in total. The normalized spacial score (nSPS) is 14.6. The van der Waals surface area contributed by atoms with E-state index in [4.69, 9.17) is 0 Å². The van der Waals surface area contributed by atoms with Crippen LogP contribution in [0.3, 0.4) is 0 Å². The molecule has 0 bridgehead atoms. The highest BCUT2D eigenvalue weighted by Gasteiger charge is 2.38. The van der Waals surface area contributed by atoms with Gasteiger partial charge in [-0.05, 0) is 331 Å². The Kier molecular flexibility index (Phi) is 3.97. The topological polar surface area (TPSA) is 31.5 Å². The molecule has 71 heavy (non-hydrogen) atoms. The van der Waals surface area contributed by atoms with E-state index >= 15 is 0 Å². The molecule has 0 aliphatic rings. The predicted molar refractivity (Wildman–Crippen MR) is 309 cm³/mol. The standard InChI is InChI=1S/C70H22.H2O/c1-3-23-11-31-19-35-15-27-7-9-29-17-37-21-33-13-25-5-2-6-26-14-34-22-38-18-30-10-8-28-16-36-20-32-12-24(4-1)39(23)53-45(31)59-49(35)55-41(27)43(29)57-51(37)61-47(33)54(40(25)26)48(34)62-52(38)58-44(30)42(28)56-50(36)60(46(32)53)63(59)69-65(55)67(57)70(64(61)62)68(58)66(56)69;/h1-22H;1H2. The zero-order valence-corrected chi connectivity index (χ0v) is 37.2. The summed E-state index contributed by atoms with van der Waals surface area (Å²) in [4.78, 5) is 0. The number of hydrogen-bond acceptors (Lipinski definition) is 0. The van der Waals surface area contributed by atoms with Crippen molar-refractivity contribution in [1.82, 2.24) is 0 Å². The molecule has 0 unspecified atom stereocenters. The monoisotopic (exact) mass is 880 g/mol. The molecule has 25 rings (SSSR count). The molecular weight excluding hydrogens is 857 g/mol. The lowest BCUT2D eigenvalue weighted by atomic mass is 9.68. The lowest BCUT2D eigenvalue weighted by molar-refractivity contribution is 0.824. The minimum Gasteiger partial charge on any atom is -0.412 e. The van der Waals surface area contributed by atoms with Crippen molar-refractivity contribution in [3.8, 4) is 0 Å². The smallest absolute Gasteiger partial charge is 0.0000000465 e. The first kappa shape index (κ1) is 31.8. The second kappa shape index (κ2) is 8.86. The van der Waals surface area contributed by atoms with Crippen LogP contribution in [0.25, 0.3) is 259 Å². The molecule has 0 spiro atoms. The summed E-state index contributed by atoms with van der Waals surface area (Å²) in [6.07, 6.45) is 0. The maximum absolute atomic E-state index is 2.58. The average molecular weight is 881 g/mol. The molecule has 25 aromatic rings. The third-order valence-corrected chi connectivity index (χ3v) is 20.3. The van der Waals surface area contributed by atoms with Gasteiger partial charge in [-0.1, -0.05) is 60.7 Å². The maximum Gasteiger partial charge on any atom is -0.0000000465 e. The Morgan fingerprint density at radius 3 is 0.437 bits per heavy atom. The van der Waals surface area contributed by atoms with Gasteiger partial charge in [0, 0.05) is 0 Å². The van der Waals surface area contributed by atoms with Crippen LogP contribution >= 0.6 is 0 Å². The van der Waals surface area contributed by atoms with E-state index in [0.29, 0.717) is 0 Å². The van der Waals surface area contributed by atoms with Crippen LogP contribution in [0, 0.1) is 0 Å². The van der Waals surface area contributed by atoms with E-state index in [-0.39, 0.29) is 5.48 Å². The number of benzene rings is 25. The van der Waals surface area contributed by atoms with Crippen LogP contribution in [0.4, 0.5) is 0 Å². The molecule has 0 aromatic heterocycles. The van der Waals surface area contributed by atoms with Gasteiger partial charge >= 0.3 is 0 Å². The molecule has 0 atom stereocenters. The van der Waals surface area contributed by atoms with Crippen molar-refractivity contribution in [1.29, 1.82) is 0 Å². The number of hydrogen-bond donors (Lipinski definition) is 0. The van der Waals surface area contributed by atoms with Crippen molar-refractivity contribution < 1.29 is 5.48 Å². The zero-order chi connectivity index (χ0) is 43.3. The molecule has 0 radical (unpaired) electrons. The zero-order valence-electron chi connectivity index (χ0n) is 37.2. The largest absolute Gasteiger partial charge is 0.412 e. The Labute approximate surface area is 395 Å². The van der Waals surface area contributed by atoms with Crippen LogP contribution in [0.15, 0.2) is 133 Å². The number of rotatable bonds is 0. The van der Waals surface area contributed by atoms with Gasteiger partial charge in [0.15, 0.2) is 0 Å². The first-order valence-corrected chi connectivity index (χ1v) is 25.2. The van der Waals surface area contributed by atoms with E-state index < -0.39 is 0 Å². The summed E-state index contributed by atoms with van der Waals surface area (Å²) in [5.41, 5.74) is 0. The second-order valence-corrected chi connectivity index (χ2v) is 22.7. The summed E-state index contributed by atoms with van der Waals surface area (Å²) in [5, 5.41) is 69.3. The Balaban J connectivity index is 0.00000353. The Bertz CT molecular complexity index is 5920. The van der Waals surface area contributed by atoms with Gasteiger partial charge in [-0.15, -0.1) is 0 Å². The highest BCUT2D eigenvalue weighted by Crippen LogP contribution is 2.68. The van der Waals surface area contributed by atoms with Gasteiger partial charge in [0.1, 0.15) is 0 Å². The van der Waals surface area contributed by atoms with Crippen molar-refractivity contribution in [2.24, 2.45) is 0 Å². The van der Waals surface area contributed by atoms with Gasteiger partial charge in [-0.2, -0.15) is 0 Å². The average Bonchev–Trinajstić information content (AvgIpc) is 3.44. The molecule has 0 saturated carbocycles. The highest BCUT2D eigenvalue weighted by molar-refractivity contribution is 6.70. The van der Waals surface area contributed by atoms with Crippen molar-refractivity contribution in [3.63, 3.8) is 0 Å². The van der Waals surface area contributed by atoms with E-state index in [2.05, 4.69) is 133 Å². The van der Waals surface area contributed by atoms with Crippen molar-refractivity contribution >= 4 is 259 Å². The van der Waals surface area contributed by atoms with E-state index in [9.17, 15) is 0 Å². The van der Waals surface area contributed by atoms with Gasteiger partial charge in [0.05, 0.1) is 0 Å². The van der Waals surface area contributed by atoms with Gasteiger partial charge in [0.25, 0.3) is 0 Å². The van der Waals surface area contributed by atoms with E-state index in [1.807, 2.05) is 0 Å². The van der Waals surface area contributed by atoms with Crippen LogP contribution in [-0.4, -0.2) is 5.48 Å². The molecular formula is C70H24O. The van der Waals surface area contributed by atoms with Gasteiger partial charge in [-0.3, -0.25) is 0 Å². The fourth-order valence-electron chi connectivity index (χ4n) is 18.6. The van der Waals surface area contributed by atoms with Crippen LogP contribution in [0.1, 0.15) is 0 Å². The lowest BCUT2D eigenvalue weighted by Gasteiger charge is -2.34. The molecule has 25 aromatic carbocycles. The maximum atomic E-state index is 2.58. The summed E-state index contributed by atoms with van der Waals surface area (Å²) >= 11 is 0. The third-order valence-electron chi connectivity index (χ3n) is 20.3. The third kappa shape index (κ3) is 2.60. The van der Waals surface area contributed by atoms with E-state index in [1.165, 1.54) is 259 Å². The molecule has 2 N–H and O–H groups in total. The molecule has 1 heteroatoms. The first-order valence-electron chi connectivity index (χ1n) is 25.2. The Morgan fingerprint density at radius 2 is 0.239 bits per heavy atom. The quantitative estimate of drug-likeness (QED) is 0.107. The molecule has 0 heterocycles. The molecule has 310 valence electrons. The van der Waals surface area contributed by atoms with Gasteiger partial charge < -0.3 is 5.48 Å². The van der Waals surface area contributed by atoms with Crippen LogP contribution in [0.2, 0.25) is 0 Å². The fourth-order valence-corrected chi connectivity index (χ4v) is 18.6. The van der Waals surface area contributed by atoms with Crippen molar-refractivity contribution in [3.05, 3.63) is 133 Å². The first-order chi connectivity index (χ1) is 34.7. The van der Waals surface area contributed by atoms with E-state index in [1.54, 1.807) is 0 Å². The summed E-state index contributed by atoms with van der Waals surface area (Å²) in [5.74, 6) is 0. The summed E-state index contributed by atoms with van der Waals surface area (Å²) in [7, 11) is 0. The molecule has 0 aliphatic heterocycles.